The Morgan fingerprint density at radius 3 is 2.78 bits per heavy atom. The van der Waals surface area contributed by atoms with Gasteiger partial charge in [-0.1, -0.05) is 13.8 Å². The van der Waals surface area contributed by atoms with Crippen LogP contribution in [0.2, 0.25) is 0 Å². The second-order valence-electron chi connectivity index (χ2n) is 6.40. The van der Waals surface area contributed by atoms with Crippen molar-refractivity contribution < 1.29 is 19.1 Å². The highest BCUT2D eigenvalue weighted by Gasteiger charge is 2.32. The summed E-state index contributed by atoms with van der Waals surface area (Å²) in [6.45, 7) is 5.54. The smallest absolute Gasteiger partial charge is 0.229 e. The van der Waals surface area contributed by atoms with Crippen LogP contribution in [0.1, 0.15) is 26.7 Å². The van der Waals surface area contributed by atoms with Crippen LogP contribution in [0, 0.1) is 5.92 Å². The number of nitrogens with zero attached hydrogens (tertiary/aromatic N) is 1. The van der Waals surface area contributed by atoms with Gasteiger partial charge in [0.25, 0.3) is 0 Å². The van der Waals surface area contributed by atoms with Gasteiger partial charge in [-0.2, -0.15) is 0 Å². The third-order valence-corrected chi connectivity index (χ3v) is 3.92. The van der Waals surface area contributed by atoms with Crippen molar-refractivity contribution in [2.45, 2.75) is 32.7 Å². The highest BCUT2D eigenvalue weighted by Crippen LogP contribution is 2.35. The minimum Gasteiger partial charge on any atom is -0.486 e. The zero-order valence-electron chi connectivity index (χ0n) is 13.5. The molecule has 1 aromatic carbocycles. The van der Waals surface area contributed by atoms with Crippen LogP contribution in [0.15, 0.2) is 18.2 Å². The Kier molecular flexibility index (Phi) is 4.41. The molecule has 6 nitrogen and oxygen atoms in total. The second-order valence-corrected chi connectivity index (χ2v) is 6.40. The lowest BCUT2D eigenvalue weighted by Crippen LogP contribution is -2.37. The summed E-state index contributed by atoms with van der Waals surface area (Å²) in [4.78, 5) is 25.8. The number of ether oxygens (including phenoxy) is 2. The first-order valence-electron chi connectivity index (χ1n) is 8.02. The number of amides is 2. The van der Waals surface area contributed by atoms with Crippen molar-refractivity contribution in [3.63, 3.8) is 0 Å². The van der Waals surface area contributed by atoms with Crippen molar-refractivity contribution in [2.75, 3.05) is 24.7 Å². The van der Waals surface area contributed by atoms with Crippen molar-refractivity contribution in [3.8, 4) is 11.5 Å². The van der Waals surface area contributed by atoms with Crippen LogP contribution in [-0.4, -0.2) is 37.6 Å². The molecule has 1 aromatic rings. The topological polar surface area (TPSA) is 67.9 Å². The predicted molar refractivity (Wildman–Crippen MR) is 85.8 cm³/mol. The van der Waals surface area contributed by atoms with E-state index in [0.29, 0.717) is 50.0 Å². The largest absolute Gasteiger partial charge is 0.486 e. The van der Waals surface area contributed by atoms with Crippen LogP contribution in [0.3, 0.4) is 0 Å². The Balaban J connectivity index is 1.67. The van der Waals surface area contributed by atoms with Crippen molar-refractivity contribution >= 4 is 17.5 Å². The first-order chi connectivity index (χ1) is 11.0. The average molecular weight is 318 g/mol. The number of rotatable bonds is 4. The van der Waals surface area contributed by atoms with Gasteiger partial charge in [-0.25, -0.2) is 0 Å². The Bertz CT molecular complexity index is 615. The van der Waals surface area contributed by atoms with Crippen molar-refractivity contribution in [3.05, 3.63) is 18.2 Å². The molecule has 0 unspecified atom stereocenters. The highest BCUT2D eigenvalue weighted by molar-refractivity contribution is 5.97. The molecule has 2 amide bonds. The quantitative estimate of drug-likeness (QED) is 0.918. The lowest BCUT2D eigenvalue weighted by molar-refractivity contribution is -0.122. The maximum atomic E-state index is 12.3. The lowest BCUT2D eigenvalue weighted by Gasteiger charge is -2.22. The molecule has 1 N–H and O–H groups in total. The first-order valence-corrected chi connectivity index (χ1v) is 8.02. The number of anilines is 1. The Morgan fingerprint density at radius 2 is 2.04 bits per heavy atom. The molecule has 1 saturated heterocycles. The molecular formula is C17H22N2O4. The Morgan fingerprint density at radius 1 is 1.30 bits per heavy atom. The molecule has 0 bridgehead atoms. The van der Waals surface area contributed by atoms with Gasteiger partial charge in [0.15, 0.2) is 11.5 Å². The number of hydrogen-bond acceptors (Lipinski definition) is 4. The monoisotopic (exact) mass is 318 g/mol. The molecule has 2 heterocycles. The van der Waals surface area contributed by atoms with E-state index in [1.54, 1.807) is 4.90 Å². The summed E-state index contributed by atoms with van der Waals surface area (Å²) in [5.74, 6) is 1.68. The molecule has 0 spiro atoms. The molecule has 1 atom stereocenters. The molecule has 3 rings (SSSR count). The van der Waals surface area contributed by atoms with Gasteiger partial charge in [-0.05, 0) is 18.1 Å². The maximum Gasteiger partial charge on any atom is 0.229 e. The van der Waals surface area contributed by atoms with Gasteiger partial charge in [0.1, 0.15) is 13.2 Å². The predicted octanol–water partition coefficient (Wildman–Crippen LogP) is 1.73. The summed E-state index contributed by atoms with van der Waals surface area (Å²) < 4.78 is 11.1. The summed E-state index contributed by atoms with van der Waals surface area (Å²) in [6, 6.07) is 5.36. The third kappa shape index (κ3) is 3.57. The third-order valence-electron chi connectivity index (χ3n) is 3.92. The van der Waals surface area contributed by atoms with Gasteiger partial charge in [0.2, 0.25) is 11.8 Å². The van der Waals surface area contributed by atoms with Crippen LogP contribution in [0.25, 0.3) is 0 Å². The second kappa shape index (κ2) is 6.48. The standard InChI is InChI=1S/C17H22N2O4/c1-11(2)7-16(20)18-12-8-17(21)19(10-12)13-3-4-14-15(9-13)23-6-5-22-14/h3-4,9,11-12H,5-8,10H2,1-2H3,(H,18,20)/t12-/m0/s1. The molecule has 2 aliphatic rings. The number of hydrogen-bond donors (Lipinski definition) is 1. The average Bonchev–Trinajstić information content (AvgIpc) is 2.86. The van der Waals surface area contributed by atoms with Gasteiger partial charge in [-0.15, -0.1) is 0 Å². The van der Waals surface area contributed by atoms with Gasteiger partial charge < -0.3 is 19.7 Å². The fourth-order valence-corrected chi connectivity index (χ4v) is 2.91. The van der Waals surface area contributed by atoms with E-state index in [0.717, 1.165) is 5.69 Å². The van der Waals surface area contributed by atoms with E-state index in [1.807, 2.05) is 32.0 Å². The molecular weight excluding hydrogens is 296 g/mol. The van der Waals surface area contributed by atoms with Gasteiger partial charge in [-0.3, -0.25) is 9.59 Å². The van der Waals surface area contributed by atoms with Gasteiger partial charge in [0.05, 0.1) is 6.04 Å². The zero-order chi connectivity index (χ0) is 16.4. The molecule has 2 aliphatic heterocycles. The van der Waals surface area contributed by atoms with Crippen LogP contribution in [0.4, 0.5) is 5.69 Å². The van der Waals surface area contributed by atoms with Crippen LogP contribution < -0.4 is 19.7 Å². The van der Waals surface area contributed by atoms with E-state index >= 15 is 0 Å². The SMILES string of the molecule is CC(C)CC(=O)N[C@H]1CC(=O)N(c2ccc3c(c2)OCCO3)C1. The van der Waals surface area contributed by atoms with Crippen molar-refractivity contribution in [1.82, 2.24) is 5.32 Å². The van der Waals surface area contributed by atoms with E-state index in [9.17, 15) is 9.59 Å². The Labute approximate surface area is 135 Å². The minimum atomic E-state index is -0.137. The Hall–Kier alpha value is -2.24. The molecule has 23 heavy (non-hydrogen) atoms. The maximum absolute atomic E-state index is 12.3. The fourth-order valence-electron chi connectivity index (χ4n) is 2.91. The van der Waals surface area contributed by atoms with Crippen molar-refractivity contribution in [2.24, 2.45) is 5.92 Å². The molecule has 0 saturated carbocycles. The number of benzene rings is 1. The van der Waals surface area contributed by atoms with Crippen LogP contribution in [-0.2, 0) is 9.59 Å². The normalized spacial score (nSPS) is 20.0. The molecule has 6 heteroatoms. The number of nitrogens with one attached hydrogen (secondary N) is 1. The molecule has 0 aliphatic carbocycles. The van der Waals surface area contributed by atoms with Gasteiger partial charge >= 0.3 is 0 Å². The lowest BCUT2D eigenvalue weighted by atomic mass is 10.1. The first kappa shape index (κ1) is 15.6. The highest BCUT2D eigenvalue weighted by atomic mass is 16.6. The molecule has 124 valence electrons. The van der Waals surface area contributed by atoms with E-state index in [2.05, 4.69) is 5.32 Å². The number of fused-ring (bicyclic) bond motifs is 1. The zero-order valence-corrected chi connectivity index (χ0v) is 13.5. The van der Waals surface area contributed by atoms with E-state index < -0.39 is 0 Å². The summed E-state index contributed by atoms with van der Waals surface area (Å²) in [5, 5.41) is 2.95. The van der Waals surface area contributed by atoms with Crippen molar-refractivity contribution in [1.29, 1.82) is 0 Å². The van der Waals surface area contributed by atoms with E-state index in [4.69, 9.17) is 9.47 Å². The molecule has 1 fully saturated rings. The fraction of sp³-hybridized carbons (Fsp3) is 0.529. The molecule has 0 radical (unpaired) electrons. The number of carbonyl (C=O) groups excluding carboxylic acids is 2. The number of carbonyl (C=O) groups is 2. The summed E-state index contributed by atoms with van der Waals surface area (Å²) >= 11 is 0. The van der Waals surface area contributed by atoms with Crippen LogP contribution >= 0.6 is 0 Å². The summed E-state index contributed by atoms with van der Waals surface area (Å²) in [7, 11) is 0. The molecule has 0 aromatic heterocycles. The van der Waals surface area contributed by atoms with E-state index in [-0.39, 0.29) is 17.9 Å². The minimum absolute atomic E-state index is 0.00169. The van der Waals surface area contributed by atoms with E-state index in [1.165, 1.54) is 0 Å². The van der Waals surface area contributed by atoms with Gasteiger partial charge in [0, 0.05) is 31.1 Å². The van der Waals surface area contributed by atoms with Crippen LogP contribution in [0.5, 0.6) is 11.5 Å². The summed E-state index contributed by atoms with van der Waals surface area (Å²) in [6.07, 6.45) is 0.812. The summed E-state index contributed by atoms with van der Waals surface area (Å²) in [5.41, 5.74) is 0.778.